The lowest BCUT2D eigenvalue weighted by Crippen LogP contribution is -2.44. The van der Waals surface area contributed by atoms with Crippen molar-refractivity contribution in [2.24, 2.45) is 11.7 Å². The Morgan fingerprint density at radius 1 is 1.24 bits per heavy atom. The van der Waals surface area contributed by atoms with Crippen molar-refractivity contribution in [3.8, 4) is 0 Å². The fraction of sp³-hybridized carbons (Fsp3) is 0.273. The summed E-state index contributed by atoms with van der Waals surface area (Å²) in [5.41, 5.74) is 10.9. The number of nitrogens with two attached hydrogens (primary N) is 2. The number of carbonyl (C=O) groups excluding carboxylic acids is 3. The third kappa shape index (κ3) is 5.37. The highest BCUT2D eigenvalue weighted by Gasteiger charge is 2.37. The number of nitrogens with zero attached hydrogens (tertiary/aromatic N) is 2. The molecule has 3 rings (SSSR count). The molecule has 2 heterocycles. The second-order valence-corrected chi connectivity index (χ2v) is 8.46. The summed E-state index contributed by atoms with van der Waals surface area (Å²) in [5.74, 6) is -2.29. The molecule has 2 aromatic heterocycles. The van der Waals surface area contributed by atoms with Crippen molar-refractivity contribution in [3.05, 3.63) is 64.8 Å². The van der Waals surface area contributed by atoms with Gasteiger partial charge in [0.1, 0.15) is 16.5 Å². The van der Waals surface area contributed by atoms with Gasteiger partial charge < -0.3 is 21.2 Å². The van der Waals surface area contributed by atoms with Gasteiger partial charge in [0.15, 0.2) is 11.7 Å². The van der Waals surface area contributed by atoms with Crippen LogP contribution in [0, 0.1) is 11.7 Å². The molecule has 33 heavy (non-hydrogen) atoms. The maximum absolute atomic E-state index is 14.1. The van der Waals surface area contributed by atoms with Crippen molar-refractivity contribution in [2.75, 3.05) is 17.2 Å². The summed E-state index contributed by atoms with van der Waals surface area (Å²) in [5, 5.41) is 2.81. The Hall–Kier alpha value is -3.73. The lowest BCUT2D eigenvalue weighted by molar-refractivity contribution is -0.122. The normalized spacial score (nSPS) is 11.9. The average molecular weight is 474 g/mol. The Morgan fingerprint density at radius 2 is 2.00 bits per heavy atom. The fourth-order valence-corrected chi connectivity index (χ4v) is 3.89. The number of primary amides is 1. The topological polar surface area (TPSA) is 145 Å². The zero-order valence-electron chi connectivity index (χ0n) is 18.1. The molecule has 1 aromatic carbocycles. The Bertz CT molecular complexity index is 1150. The van der Waals surface area contributed by atoms with Crippen LogP contribution in [0.5, 0.6) is 0 Å². The molecule has 174 valence electrons. The number of furan rings is 1. The van der Waals surface area contributed by atoms with E-state index >= 15 is 0 Å². The molecule has 0 fully saturated rings. The van der Waals surface area contributed by atoms with Crippen LogP contribution in [0.15, 0.2) is 47.1 Å². The average Bonchev–Trinajstić information content (AvgIpc) is 3.40. The molecule has 5 N–H and O–H groups in total. The van der Waals surface area contributed by atoms with Crippen LogP contribution in [0.4, 0.5) is 15.8 Å². The first-order valence-electron chi connectivity index (χ1n) is 10.2. The summed E-state index contributed by atoms with van der Waals surface area (Å²) in [6.07, 6.45) is 2.08. The van der Waals surface area contributed by atoms with Crippen LogP contribution < -0.4 is 21.7 Å². The molecule has 0 aliphatic carbocycles. The number of amides is 3. The molecular formula is C22H24FN5O4S. The number of hydrogen-bond donors (Lipinski definition) is 3. The first kappa shape index (κ1) is 23.9. The van der Waals surface area contributed by atoms with Crippen molar-refractivity contribution in [2.45, 2.75) is 26.3 Å². The molecule has 0 spiro atoms. The standard InChI is InChI=1S/C22H24FN5O4S/c1-12(2)8-9-26-21(30)18(15-7-4-10-32-15)28(14-6-3-5-13(23)11-14)22(31)19-16(24)17(20(25)29)27-33-19/h3-7,10-12,18H,8-9,24H2,1-2H3,(H2,25,29)(H,26,30)/t18-/m1/s1. The van der Waals surface area contributed by atoms with Crippen LogP contribution >= 0.6 is 11.5 Å². The lowest BCUT2D eigenvalue weighted by Gasteiger charge is -2.29. The summed E-state index contributed by atoms with van der Waals surface area (Å²) in [7, 11) is 0. The Labute approximate surface area is 193 Å². The van der Waals surface area contributed by atoms with Gasteiger partial charge in [-0.05, 0) is 54.2 Å². The molecule has 0 aliphatic heterocycles. The smallest absolute Gasteiger partial charge is 0.273 e. The zero-order valence-corrected chi connectivity index (χ0v) is 18.9. The highest BCUT2D eigenvalue weighted by atomic mass is 32.1. The minimum absolute atomic E-state index is 0.0915. The molecule has 0 radical (unpaired) electrons. The van der Waals surface area contributed by atoms with Crippen molar-refractivity contribution >= 4 is 40.6 Å². The van der Waals surface area contributed by atoms with E-state index < -0.39 is 29.6 Å². The molecule has 0 bridgehead atoms. The van der Waals surface area contributed by atoms with E-state index in [9.17, 15) is 18.8 Å². The zero-order chi connectivity index (χ0) is 24.1. The van der Waals surface area contributed by atoms with Crippen LogP contribution in [0.1, 0.15) is 52.2 Å². The maximum atomic E-state index is 14.1. The number of carbonyl (C=O) groups is 3. The van der Waals surface area contributed by atoms with E-state index in [1.807, 2.05) is 13.8 Å². The van der Waals surface area contributed by atoms with Gasteiger partial charge in [-0.25, -0.2) is 4.39 Å². The van der Waals surface area contributed by atoms with Gasteiger partial charge in [0.2, 0.25) is 0 Å². The van der Waals surface area contributed by atoms with E-state index in [1.54, 1.807) is 6.07 Å². The molecule has 1 atom stereocenters. The second kappa shape index (κ2) is 10.3. The van der Waals surface area contributed by atoms with Gasteiger partial charge in [-0.1, -0.05) is 19.9 Å². The number of hydrogen-bond acceptors (Lipinski definition) is 7. The predicted molar refractivity (Wildman–Crippen MR) is 122 cm³/mol. The van der Waals surface area contributed by atoms with Gasteiger partial charge in [0.25, 0.3) is 17.7 Å². The van der Waals surface area contributed by atoms with Crippen LogP contribution in [-0.2, 0) is 4.79 Å². The van der Waals surface area contributed by atoms with E-state index in [1.165, 1.54) is 30.5 Å². The van der Waals surface area contributed by atoms with Gasteiger partial charge in [-0.15, -0.1) is 0 Å². The van der Waals surface area contributed by atoms with Gasteiger partial charge in [-0.2, -0.15) is 4.37 Å². The van der Waals surface area contributed by atoms with Crippen molar-refractivity contribution in [1.29, 1.82) is 0 Å². The van der Waals surface area contributed by atoms with Gasteiger partial charge >= 0.3 is 0 Å². The molecule has 0 saturated heterocycles. The number of benzene rings is 1. The quantitative estimate of drug-likeness (QED) is 0.435. The molecule has 0 saturated carbocycles. The molecule has 3 amide bonds. The fourth-order valence-electron chi connectivity index (χ4n) is 3.15. The highest BCUT2D eigenvalue weighted by molar-refractivity contribution is 7.09. The van der Waals surface area contributed by atoms with Crippen LogP contribution in [0.3, 0.4) is 0 Å². The summed E-state index contributed by atoms with van der Waals surface area (Å²) >= 11 is 0.665. The van der Waals surface area contributed by atoms with Gasteiger partial charge in [0.05, 0.1) is 12.0 Å². The van der Waals surface area contributed by atoms with Crippen LogP contribution in [-0.4, -0.2) is 28.6 Å². The minimum Gasteiger partial charge on any atom is -0.467 e. The maximum Gasteiger partial charge on any atom is 0.273 e. The van der Waals surface area contributed by atoms with E-state index in [0.29, 0.717) is 30.4 Å². The Balaban J connectivity index is 2.10. The first-order chi connectivity index (χ1) is 15.7. The Morgan fingerprint density at radius 3 is 2.58 bits per heavy atom. The number of nitrogen functional groups attached to an aromatic ring is 1. The molecule has 0 unspecified atom stereocenters. The van der Waals surface area contributed by atoms with Crippen LogP contribution in [0.2, 0.25) is 0 Å². The van der Waals surface area contributed by atoms with Crippen molar-refractivity contribution in [1.82, 2.24) is 9.69 Å². The third-order valence-corrected chi connectivity index (χ3v) is 5.65. The molecule has 3 aromatic rings. The number of aromatic nitrogens is 1. The van der Waals surface area contributed by atoms with Crippen LogP contribution in [0.25, 0.3) is 0 Å². The van der Waals surface area contributed by atoms with Crippen molar-refractivity contribution in [3.63, 3.8) is 0 Å². The van der Waals surface area contributed by atoms with Gasteiger partial charge in [-0.3, -0.25) is 19.3 Å². The molecule has 0 aliphatic rings. The SMILES string of the molecule is CC(C)CCNC(=O)[C@@H](c1ccco1)N(C(=O)c1snc(C(N)=O)c1N)c1cccc(F)c1. The summed E-state index contributed by atoms with van der Waals surface area (Å²) in [6, 6.07) is 7.04. The second-order valence-electron chi connectivity index (χ2n) is 7.68. The number of halogens is 1. The largest absolute Gasteiger partial charge is 0.467 e. The summed E-state index contributed by atoms with van der Waals surface area (Å²) < 4.78 is 23.5. The highest BCUT2D eigenvalue weighted by Crippen LogP contribution is 2.33. The minimum atomic E-state index is -1.28. The number of anilines is 2. The van der Waals surface area contributed by atoms with Gasteiger partial charge in [0, 0.05) is 12.2 Å². The molecule has 9 nitrogen and oxygen atoms in total. The Kier molecular flexibility index (Phi) is 7.44. The van der Waals surface area contributed by atoms with Crippen molar-refractivity contribution < 1.29 is 23.2 Å². The third-order valence-electron chi connectivity index (χ3n) is 4.80. The molecule has 11 heteroatoms. The van der Waals surface area contributed by atoms with E-state index in [0.717, 1.165) is 11.0 Å². The summed E-state index contributed by atoms with van der Waals surface area (Å²) in [4.78, 5) is 39.5. The lowest BCUT2D eigenvalue weighted by atomic mass is 10.1. The summed E-state index contributed by atoms with van der Waals surface area (Å²) in [6.45, 7) is 4.40. The number of nitrogens with one attached hydrogen (secondary N) is 1. The monoisotopic (exact) mass is 473 g/mol. The molecular weight excluding hydrogens is 449 g/mol. The first-order valence-corrected chi connectivity index (χ1v) is 10.9. The van der Waals surface area contributed by atoms with E-state index in [-0.39, 0.29) is 27.7 Å². The van der Waals surface area contributed by atoms with E-state index in [4.69, 9.17) is 15.9 Å². The predicted octanol–water partition coefficient (Wildman–Crippen LogP) is 3.11. The van der Waals surface area contributed by atoms with E-state index in [2.05, 4.69) is 9.69 Å². The number of rotatable bonds is 9.